The summed E-state index contributed by atoms with van der Waals surface area (Å²) in [4.78, 5) is 51.2. The van der Waals surface area contributed by atoms with Crippen LogP contribution in [0.25, 0.3) is 0 Å². The van der Waals surface area contributed by atoms with Crippen molar-refractivity contribution in [2.75, 3.05) is 6.54 Å². The molecule has 2 unspecified atom stereocenters. The molecule has 1 aliphatic heterocycles. The zero-order valence-corrected chi connectivity index (χ0v) is 19.4. The molecule has 3 N–H and O–H groups in total. The van der Waals surface area contributed by atoms with Gasteiger partial charge in [-0.2, -0.15) is 0 Å². The van der Waals surface area contributed by atoms with E-state index in [-0.39, 0.29) is 18.9 Å². The number of aromatic nitrogens is 1. The molecular weight excluding hydrogens is 444 g/mol. The van der Waals surface area contributed by atoms with E-state index in [0.29, 0.717) is 19.4 Å². The van der Waals surface area contributed by atoms with Crippen molar-refractivity contribution < 1.29 is 23.9 Å². The summed E-state index contributed by atoms with van der Waals surface area (Å²) in [7, 11) is 0. The summed E-state index contributed by atoms with van der Waals surface area (Å²) >= 11 is 1.35. The highest BCUT2D eigenvalue weighted by Crippen LogP contribution is 2.18. The summed E-state index contributed by atoms with van der Waals surface area (Å²) in [6, 6.07) is 7.24. The number of benzene rings is 1. The second-order valence-corrected chi connectivity index (χ2v) is 9.06. The van der Waals surface area contributed by atoms with Gasteiger partial charge in [0, 0.05) is 17.6 Å². The number of ketones is 1. The van der Waals surface area contributed by atoms with Crippen LogP contribution in [0.3, 0.4) is 0 Å². The summed E-state index contributed by atoms with van der Waals surface area (Å²) in [6.45, 7) is 3.93. The van der Waals surface area contributed by atoms with Crippen molar-refractivity contribution in [2.45, 2.75) is 51.8 Å². The van der Waals surface area contributed by atoms with Crippen LogP contribution in [0.2, 0.25) is 0 Å². The molecule has 0 saturated carbocycles. The highest BCUT2D eigenvalue weighted by atomic mass is 32.1. The molecule has 2 heterocycles. The fraction of sp³-hybridized carbons (Fsp3) is 0.435. The van der Waals surface area contributed by atoms with Gasteiger partial charge in [-0.3, -0.25) is 14.4 Å². The van der Waals surface area contributed by atoms with Crippen LogP contribution in [0.4, 0.5) is 4.79 Å². The van der Waals surface area contributed by atoms with Gasteiger partial charge in [0.2, 0.25) is 11.7 Å². The molecule has 0 spiro atoms. The van der Waals surface area contributed by atoms with Crippen molar-refractivity contribution in [3.63, 3.8) is 0 Å². The Hall–Kier alpha value is -3.27. The molecule has 10 heteroatoms. The minimum atomic E-state index is -1.01. The third kappa shape index (κ3) is 6.85. The minimum Gasteiger partial charge on any atom is -0.445 e. The summed E-state index contributed by atoms with van der Waals surface area (Å²) in [5, 5.41) is 7.83. The first-order valence-electron chi connectivity index (χ1n) is 10.9. The van der Waals surface area contributed by atoms with Crippen LogP contribution >= 0.6 is 11.5 Å². The Morgan fingerprint density at radius 3 is 2.70 bits per heavy atom. The van der Waals surface area contributed by atoms with Crippen LogP contribution < -0.4 is 16.0 Å². The van der Waals surface area contributed by atoms with E-state index in [2.05, 4.69) is 20.3 Å². The number of nitrogens with one attached hydrogen (secondary N) is 3. The number of aryl methyl sites for hydroxylation is 1. The summed E-state index contributed by atoms with van der Waals surface area (Å²) in [6.07, 6.45) is 2.41. The van der Waals surface area contributed by atoms with Gasteiger partial charge >= 0.3 is 6.09 Å². The Bertz CT molecular complexity index is 992. The van der Waals surface area contributed by atoms with Crippen molar-refractivity contribution >= 4 is 35.2 Å². The van der Waals surface area contributed by atoms with Gasteiger partial charge in [0.15, 0.2) is 0 Å². The van der Waals surface area contributed by atoms with Gasteiger partial charge < -0.3 is 20.7 Å². The van der Waals surface area contributed by atoms with E-state index < -0.39 is 35.8 Å². The third-order valence-corrected chi connectivity index (χ3v) is 6.26. The number of fused-ring (bicyclic) bond motifs is 1. The average molecular weight is 473 g/mol. The van der Waals surface area contributed by atoms with Crippen LogP contribution in [0, 0.1) is 5.92 Å². The van der Waals surface area contributed by atoms with Gasteiger partial charge in [0.05, 0.1) is 6.04 Å². The molecule has 1 aromatic carbocycles. The summed E-state index contributed by atoms with van der Waals surface area (Å²) in [5.41, 5.74) is 1.85. The minimum absolute atomic E-state index is 0.0670. The van der Waals surface area contributed by atoms with Gasteiger partial charge in [0.1, 0.15) is 12.6 Å². The van der Waals surface area contributed by atoms with Gasteiger partial charge in [-0.1, -0.05) is 44.2 Å². The van der Waals surface area contributed by atoms with Gasteiger partial charge in [-0.15, -0.1) is 0 Å². The molecule has 1 aromatic heterocycles. The van der Waals surface area contributed by atoms with Crippen molar-refractivity contribution in [2.24, 2.45) is 5.92 Å². The van der Waals surface area contributed by atoms with Gasteiger partial charge in [-0.05, 0) is 47.8 Å². The fourth-order valence-electron chi connectivity index (χ4n) is 3.48. The van der Waals surface area contributed by atoms with Crippen molar-refractivity contribution in [1.29, 1.82) is 0 Å². The van der Waals surface area contributed by atoms with E-state index in [0.717, 1.165) is 16.0 Å². The quantitative estimate of drug-likeness (QED) is 0.550. The van der Waals surface area contributed by atoms with E-state index in [4.69, 9.17) is 4.74 Å². The first-order chi connectivity index (χ1) is 15.8. The number of carbonyl (C=O) groups excluding carboxylic acids is 4. The molecule has 9 nitrogen and oxygen atoms in total. The maximum Gasteiger partial charge on any atom is 0.408 e. The molecule has 0 fully saturated rings. The lowest BCUT2D eigenvalue weighted by atomic mass is 9.99. The molecular formula is C23H28N4O5S. The summed E-state index contributed by atoms with van der Waals surface area (Å²) < 4.78 is 9.41. The monoisotopic (exact) mass is 472 g/mol. The largest absolute Gasteiger partial charge is 0.445 e. The maximum atomic E-state index is 13.0. The highest BCUT2D eigenvalue weighted by Gasteiger charge is 2.32. The molecule has 0 aliphatic carbocycles. The third-order valence-electron chi connectivity index (χ3n) is 5.36. The Morgan fingerprint density at radius 2 is 1.97 bits per heavy atom. The standard InChI is InChI=1S/C23H28N4O5S/c1-14(2)19(27-23(31)32-13-15-6-4-3-5-7-15)21(29)26-17-8-9-18-16(12-25-33-18)10-11-24-22(30)20(17)28/h3-7,12,14,17,19H,8-11,13H2,1-2H3,(H,24,30)(H,26,29)(H,27,31). The zero-order chi connectivity index (χ0) is 23.8. The number of rotatable bonds is 6. The zero-order valence-electron chi connectivity index (χ0n) is 18.6. The number of nitrogens with zero attached hydrogens (tertiary/aromatic N) is 1. The molecule has 0 bridgehead atoms. The van der Waals surface area contributed by atoms with E-state index in [1.807, 2.05) is 30.3 Å². The van der Waals surface area contributed by atoms with Crippen LogP contribution in [0.15, 0.2) is 36.5 Å². The number of hydrogen-bond donors (Lipinski definition) is 3. The molecule has 0 radical (unpaired) electrons. The van der Waals surface area contributed by atoms with Crippen LogP contribution in [0.5, 0.6) is 0 Å². The van der Waals surface area contributed by atoms with Crippen LogP contribution in [0.1, 0.15) is 36.3 Å². The second kappa shape index (κ2) is 11.6. The van der Waals surface area contributed by atoms with Crippen LogP contribution in [-0.4, -0.2) is 46.7 Å². The lowest BCUT2D eigenvalue weighted by Gasteiger charge is -2.25. The average Bonchev–Trinajstić information content (AvgIpc) is 3.25. The Morgan fingerprint density at radius 1 is 1.21 bits per heavy atom. The SMILES string of the molecule is CC(C)C(NC(=O)OCc1ccccc1)C(=O)NC1CCc2sncc2CCNC(=O)C1=O. The van der Waals surface area contributed by atoms with Crippen molar-refractivity contribution in [3.05, 3.63) is 52.5 Å². The molecule has 3 rings (SSSR count). The van der Waals surface area contributed by atoms with E-state index in [1.165, 1.54) is 11.5 Å². The maximum absolute atomic E-state index is 13.0. The van der Waals surface area contributed by atoms with Crippen molar-refractivity contribution in [3.8, 4) is 0 Å². The molecule has 33 heavy (non-hydrogen) atoms. The number of alkyl carbamates (subject to hydrolysis) is 1. The predicted molar refractivity (Wildman–Crippen MR) is 122 cm³/mol. The number of ether oxygens (including phenoxy) is 1. The van der Waals surface area contributed by atoms with E-state index >= 15 is 0 Å². The van der Waals surface area contributed by atoms with Crippen LogP contribution in [-0.2, 0) is 38.6 Å². The Kier molecular flexibility index (Phi) is 8.53. The first-order valence-corrected chi connectivity index (χ1v) is 11.6. The van der Waals surface area contributed by atoms with E-state index in [9.17, 15) is 19.2 Å². The number of Topliss-reactive ketones (excluding diaryl/α,β-unsaturated/α-hetero) is 1. The smallest absolute Gasteiger partial charge is 0.408 e. The molecule has 176 valence electrons. The lowest BCUT2D eigenvalue weighted by molar-refractivity contribution is -0.140. The van der Waals surface area contributed by atoms with Crippen molar-refractivity contribution in [1.82, 2.24) is 20.3 Å². The normalized spacial score (nSPS) is 17.5. The van der Waals surface area contributed by atoms with E-state index in [1.54, 1.807) is 20.0 Å². The molecule has 3 amide bonds. The molecule has 0 saturated heterocycles. The van der Waals surface area contributed by atoms with Gasteiger partial charge in [-0.25, -0.2) is 9.17 Å². The predicted octanol–water partition coefficient (Wildman–Crippen LogP) is 1.75. The number of amides is 3. The molecule has 2 atom stereocenters. The molecule has 2 aromatic rings. The summed E-state index contributed by atoms with van der Waals surface area (Å²) in [5.74, 6) is -2.26. The highest BCUT2D eigenvalue weighted by molar-refractivity contribution is 7.05. The topological polar surface area (TPSA) is 126 Å². The Labute approximate surface area is 196 Å². The Balaban J connectivity index is 1.64. The fourth-order valence-corrected chi connectivity index (χ4v) is 4.27. The number of carbonyl (C=O) groups is 4. The second-order valence-electron chi connectivity index (χ2n) is 8.17. The van der Waals surface area contributed by atoms with Gasteiger partial charge in [0.25, 0.3) is 5.91 Å². The first kappa shape index (κ1) is 24.4. The number of hydrogen-bond acceptors (Lipinski definition) is 7. The lowest BCUT2D eigenvalue weighted by Crippen LogP contribution is -2.55. The molecule has 1 aliphatic rings.